The second kappa shape index (κ2) is 7.27. The molecular weight excluding hydrogens is 300 g/mol. The van der Waals surface area contributed by atoms with Crippen molar-refractivity contribution < 1.29 is 4.74 Å². The molecule has 0 aliphatic rings. The molecule has 5 heteroatoms. The first-order chi connectivity index (χ1) is 11.7. The van der Waals surface area contributed by atoms with Crippen LogP contribution < -0.4 is 15.8 Å². The molecule has 0 atom stereocenters. The van der Waals surface area contributed by atoms with Crippen molar-refractivity contribution in [2.75, 3.05) is 25.5 Å². The number of hydrogen-bond acceptors (Lipinski definition) is 5. The van der Waals surface area contributed by atoms with Crippen LogP contribution in [0.15, 0.2) is 42.6 Å². The van der Waals surface area contributed by atoms with E-state index < -0.39 is 0 Å². The lowest BCUT2D eigenvalue weighted by Gasteiger charge is -2.12. The van der Waals surface area contributed by atoms with Gasteiger partial charge < -0.3 is 15.8 Å². The number of nitrogens with one attached hydrogen (secondary N) is 1. The summed E-state index contributed by atoms with van der Waals surface area (Å²) in [5.41, 5.74) is 9.47. The van der Waals surface area contributed by atoms with Gasteiger partial charge in [-0.3, -0.25) is 4.98 Å². The number of anilines is 1. The summed E-state index contributed by atoms with van der Waals surface area (Å²) in [6.07, 6.45) is 2.69. The normalized spacial score (nSPS) is 10.8. The number of methoxy groups -OCH3 is 1. The SMILES string of the molecule is COc1cc(-c2cc3ncccc3c(NCCCN)n2)ccc1C. The van der Waals surface area contributed by atoms with Crippen LogP contribution in [0.1, 0.15) is 12.0 Å². The highest BCUT2D eigenvalue weighted by molar-refractivity contribution is 5.92. The fourth-order valence-electron chi connectivity index (χ4n) is 2.65. The molecule has 0 fully saturated rings. The van der Waals surface area contributed by atoms with E-state index in [9.17, 15) is 0 Å². The zero-order valence-corrected chi connectivity index (χ0v) is 14.0. The van der Waals surface area contributed by atoms with Gasteiger partial charge in [0.05, 0.1) is 18.3 Å². The maximum absolute atomic E-state index is 5.59. The number of nitrogens with two attached hydrogens (primary N) is 1. The molecular formula is C19H22N4O. The van der Waals surface area contributed by atoms with Crippen LogP contribution in [0.25, 0.3) is 22.2 Å². The molecule has 2 aromatic heterocycles. The molecule has 0 aliphatic carbocycles. The molecule has 0 saturated carbocycles. The minimum absolute atomic E-state index is 0.651. The smallest absolute Gasteiger partial charge is 0.136 e. The number of hydrogen-bond donors (Lipinski definition) is 2. The zero-order chi connectivity index (χ0) is 16.9. The molecule has 2 heterocycles. The van der Waals surface area contributed by atoms with Gasteiger partial charge in [-0.2, -0.15) is 0 Å². The van der Waals surface area contributed by atoms with Crippen LogP contribution >= 0.6 is 0 Å². The number of aromatic nitrogens is 2. The van der Waals surface area contributed by atoms with E-state index in [1.807, 2.05) is 37.3 Å². The number of ether oxygens (including phenoxy) is 1. The Kier molecular flexibility index (Phi) is 4.91. The number of benzene rings is 1. The number of nitrogens with zero attached hydrogens (tertiary/aromatic N) is 2. The Morgan fingerprint density at radius 2 is 2.08 bits per heavy atom. The van der Waals surface area contributed by atoms with Crippen LogP contribution in [-0.2, 0) is 0 Å². The molecule has 5 nitrogen and oxygen atoms in total. The van der Waals surface area contributed by atoms with Crippen molar-refractivity contribution in [1.82, 2.24) is 9.97 Å². The Morgan fingerprint density at radius 1 is 1.21 bits per heavy atom. The number of pyridine rings is 2. The summed E-state index contributed by atoms with van der Waals surface area (Å²) in [5, 5.41) is 4.39. The maximum Gasteiger partial charge on any atom is 0.136 e. The first-order valence-corrected chi connectivity index (χ1v) is 8.07. The topological polar surface area (TPSA) is 73.1 Å². The molecule has 0 bridgehead atoms. The fraction of sp³-hybridized carbons (Fsp3) is 0.263. The van der Waals surface area contributed by atoms with Crippen LogP contribution in [0.2, 0.25) is 0 Å². The van der Waals surface area contributed by atoms with Gasteiger partial charge >= 0.3 is 0 Å². The molecule has 3 aromatic rings. The minimum Gasteiger partial charge on any atom is -0.496 e. The van der Waals surface area contributed by atoms with Crippen LogP contribution in [0, 0.1) is 6.92 Å². The molecule has 0 aliphatic heterocycles. The molecule has 1 aromatic carbocycles. The monoisotopic (exact) mass is 322 g/mol. The molecule has 24 heavy (non-hydrogen) atoms. The molecule has 124 valence electrons. The lowest BCUT2D eigenvalue weighted by Crippen LogP contribution is -2.10. The van der Waals surface area contributed by atoms with Crippen molar-refractivity contribution in [3.8, 4) is 17.0 Å². The van der Waals surface area contributed by atoms with Gasteiger partial charge in [-0.05, 0) is 49.7 Å². The molecule has 0 saturated heterocycles. The number of fused-ring (bicyclic) bond motifs is 1. The van der Waals surface area contributed by atoms with Gasteiger partial charge in [0.2, 0.25) is 0 Å². The molecule has 3 N–H and O–H groups in total. The first kappa shape index (κ1) is 16.2. The molecule has 0 amide bonds. The third-order valence-electron chi connectivity index (χ3n) is 3.98. The van der Waals surface area contributed by atoms with E-state index in [2.05, 4.69) is 16.4 Å². The van der Waals surface area contributed by atoms with E-state index in [0.717, 1.165) is 52.3 Å². The highest BCUT2D eigenvalue weighted by atomic mass is 16.5. The Labute approximate surface area is 141 Å². The van der Waals surface area contributed by atoms with Gasteiger partial charge in [-0.25, -0.2) is 4.98 Å². The van der Waals surface area contributed by atoms with E-state index in [4.69, 9.17) is 15.5 Å². The summed E-state index contributed by atoms with van der Waals surface area (Å²) in [6, 6.07) is 12.1. The summed E-state index contributed by atoms with van der Waals surface area (Å²) in [6.45, 7) is 3.46. The van der Waals surface area contributed by atoms with E-state index in [0.29, 0.717) is 6.54 Å². The zero-order valence-electron chi connectivity index (χ0n) is 14.0. The highest BCUT2D eigenvalue weighted by Gasteiger charge is 2.10. The van der Waals surface area contributed by atoms with Crippen molar-refractivity contribution in [3.05, 3.63) is 48.2 Å². The van der Waals surface area contributed by atoms with E-state index in [1.54, 1.807) is 13.3 Å². The van der Waals surface area contributed by atoms with Crippen molar-refractivity contribution in [2.24, 2.45) is 5.73 Å². The van der Waals surface area contributed by atoms with Crippen molar-refractivity contribution in [3.63, 3.8) is 0 Å². The molecule has 0 radical (unpaired) electrons. The number of aryl methyl sites for hydroxylation is 1. The lowest BCUT2D eigenvalue weighted by molar-refractivity contribution is 0.412. The van der Waals surface area contributed by atoms with Crippen LogP contribution in [0.4, 0.5) is 5.82 Å². The van der Waals surface area contributed by atoms with Gasteiger partial charge in [-0.1, -0.05) is 12.1 Å². The maximum atomic E-state index is 5.59. The van der Waals surface area contributed by atoms with Crippen LogP contribution in [0.3, 0.4) is 0 Å². The van der Waals surface area contributed by atoms with Crippen LogP contribution in [0.5, 0.6) is 5.75 Å². The van der Waals surface area contributed by atoms with E-state index in [-0.39, 0.29) is 0 Å². The van der Waals surface area contributed by atoms with Gasteiger partial charge in [0.25, 0.3) is 0 Å². The first-order valence-electron chi connectivity index (χ1n) is 8.07. The van der Waals surface area contributed by atoms with E-state index in [1.165, 1.54) is 0 Å². The molecule has 3 rings (SSSR count). The van der Waals surface area contributed by atoms with Crippen molar-refractivity contribution >= 4 is 16.7 Å². The fourth-order valence-corrected chi connectivity index (χ4v) is 2.65. The highest BCUT2D eigenvalue weighted by Crippen LogP contribution is 2.30. The average molecular weight is 322 g/mol. The Morgan fingerprint density at radius 3 is 2.88 bits per heavy atom. The van der Waals surface area contributed by atoms with E-state index >= 15 is 0 Å². The Hall–Kier alpha value is -2.66. The van der Waals surface area contributed by atoms with Crippen LogP contribution in [-0.4, -0.2) is 30.2 Å². The number of rotatable bonds is 6. The second-order valence-corrected chi connectivity index (χ2v) is 5.68. The second-order valence-electron chi connectivity index (χ2n) is 5.68. The van der Waals surface area contributed by atoms with Crippen molar-refractivity contribution in [2.45, 2.75) is 13.3 Å². The predicted octanol–water partition coefficient (Wildman–Crippen LogP) is 3.37. The minimum atomic E-state index is 0.651. The largest absolute Gasteiger partial charge is 0.496 e. The van der Waals surface area contributed by atoms with Gasteiger partial charge in [0, 0.05) is 23.7 Å². The lowest BCUT2D eigenvalue weighted by atomic mass is 10.1. The summed E-state index contributed by atoms with van der Waals surface area (Å²) in [7, 11) is 1.68. The van der Waals surface area contributed by atoms with Gasteiger partial charge in [0.1, 0.15) is 11.6 Å². The molecule has 0 unspecified atom stereocenters. The summed E-state index contributed by atoms with van der Waals surface area (Å²) in [4.78, 5) is 9.28. The van der Waals surface area contributed by atoms with Crippen molar-refractivity contribution in [1.29, 1.82) is 0 Å². The predicted molar refractivity (Wildman–Crippen MR) is 98.4 cm³/mol. The summed E-state index contributed by atoms with van der Waals surface area (Å²) >= 11 is 0. The Bertz CT molecular complexity index is 848. The molecule has 0 spiro atoms. The Balaban J connectivity index is 2.08. The average Bonchev–Trinajstić information content (AvgIpc) is 2.62. The summed E-state index contributed by atoms with van der Waals surface area (Å²) < 4.78 is 5.43. The van der Waals surface area contributed by atoms with Gasteiger partial charge in [-0.15, -0.1) is 0 Å². The van der Waals surface area contributed by atoms with Gasteiger partial charge in [0.15, 0.2) is 0 Å². The standard InChI is InChI=1S/C19H22N4O/c1-13-6-7-14(11-18(13)24-2)16-12-17-15(5-3-9-21-17)19(23-16)22-10-4-8-20/h3,5-7,9,11-12H,4,8,10,20H2,1-2H3,(H,22,23). The quantitative estimate of drug-likeness (QED) is 0.681. The third-order valence-corrected chi connectivity index (χ3v) is 3.98. The summed E-state index contributed by atoms with van der Waals surface area (Å²) in [5.74, 6) is 1.69. The third kappa shape index (κ3) is 3.31.